The van der Waals surface area contributed by atoms with E-state index in [1.165, 1.54) is 27.6 Å². The second kappa shape index (κ2) is 16.8. The van der Waals surface area contributed by atoms with Crippen LogP contribution in [0, 0.1) is 12.3 Å². The van der Waals surface area contributed by atoms with Crippen LogP contribution < -0.4 is 30.9 Å². The highest BCUT2D eigenvalue weighted by Gasteiger charge is 2.38. The number of nitrogens with zero attached hydrogens (tertiary/aromatic N) is 9. The number of nitrogens with one attached hydrogen (secondary N) is 2. The van der Waals surface area contributed by atoms with Gasteiger partial charge < -0.3 is 34.7 Å². The van der Waals surface area contributed by atoms with E-state index in [1.54, 1.807) is 48.7 Å². The highest BCUT2D eigenvalue weighted by Crippen LogP contribution is 2.40. The highest BCUT2D eigenvalue weighted by atomic mass is 16.3. The second-order valence-corrected chi connectivity index (χ2v) is 18.3. The van der Waals surface area contributed by atoms with Crippen molar-refractivity contribution in [1.82, 2.24) is 29.0 Å². The van der Waals surface area contributed by atoms with Crippen LogP contribution in [-0.4, -0.2) is 97.3 Å². The molecular weight excluding hydrogens is 795 g/mol. The predicted octanol–water partition coefficient (Wildman–Crippen LogP) is 5.67. The number of pyridine rings is 4. The molecule has 0 saturated carbocycles. The monoisotopic (exact) mass is 851 g/mol. The second-order valence-electron chi connectivity index (χ2n) is 18.3. The zero-order valence-corrected chi connectivity index (χ0v) is 36.9. The molecule has 5 aromatic rings. The molecule has 3 N–H and O–H groups in total. The van der Waals surface area contributed by atoms with Crippen molar-refractivity contribution < 1.29 is 14.7 Å². The molecule has 3 aliphatic heterocycles. The van der Waals surface area contributed by atoms with Crippen LogP contribution in [0.1, 0.15) is 66.6 Å². The zero-order valence-electron chi connectivity index (χ0n) is 36.9. The minimum absolute atomic E-state index is 0.145. The number of aryl methyl sites for hydroxylation is 2. The van der Waals surface area contributed by atoms with E-state index in [1.807, 2.05) is 19.2 Å². The summed E-state index contributed by atoms with van der Waals surface area (Å²) in [5.74, 6) is 0.263. The summed E-state index contributed by atoms with van der Waals surface area (Å²) in [4.78, 5) is 63.3. The Bertz CT molecular complexity index is 2660. The van der Waals surface area contributed by atoms with Crippen LogP contribution in [0.5, 0.6) is 0 Å². The Balaban J connectivity index is 0.936. The Hall–Kier alpha value is -6.32. The molecule has 9 rings (SSSR count). The largest absolute Gasteiger partial charge is 0.392 e. The number of aromatic nitrogens is 5. The molecule has 5 aromatic heterocycles. The van der Waals surface area contributed by atoms with Crippen molar-refractivity contribution >= 4 is 46.2 Å². The summed E-state index contributed by atoms with van der Waals surface area (Å²) in [5, 5.41) is 17.0. The summed E-state index contributed by atoms with van der Waals surface area (Å²) in [6.07, 6.45) is 12.3. The van der Waals surface area contributed by atoms with Gasteiger partial charge in [0.25, 0.3) is 11.5 Å². The first kappa shape index (κ1) is 42.0. The molecule has 0 bridgehead atoms. The topological polar surface area (TPSA) is 157 Å². The molecule has 2 saturated heterocycles. The first-order valence-electron chi connectivity index (χ1n) is 22.0. The molecule has 1 aliphatic carbocycles. The number of carbonyl (C=O) groups excluding carboxylic acids is 2. The number of hydrogen-bond donors (Lipinski definition) is 3. The number of aliphatic hydroxyl groups excluding tert-OH is 1. The lowest BCUT2D eigenvalue weighted by atomic mass is 9.90. The number of aliphatic hydroxyl groups is 1. The molecule has 0 aromatic carbocycles. The summed E-state index contributed by atoms with van der Waals surface area (Å²) in [6, 6.07) is 12.2. The number of piperazine rings is 1. The maximum absolute atomic E-state index is 14.0. The SMILES string of the molecule is C=CC(=O)Nc1cc(Nc2cc(-c3ccnc(N4CCn5c(cc6c5CC(C)(C)C6)C4=O)c3CO)cn(C)c2=O)ncc1N1CCN(C2CCN(c3ccnc(C)c3)CC2)C[C@@H]1C. The van der Waals surface area contributed by atoms with E-state index < -0.39 is 0 Å². The van der Waals surface area contributed by atoms with Crippen LogP contribution in [0.4, 0.5) is 34.4 Å². The van der Waals surface area contributed by atoms with Crippen LogP contribution in [0.25, 0.3) is 11.1 Å². The van der Waals surface area contributed by atoms with Crippen LogP contribution >= 0.6 is 0 Å². The molecule has 0 radical (unpaired) electrons. The van der Waals surface area contributed by atoms with E-state index >= 15 is 0 Å². The number of hydrogen-bond acceptors (Lipinski definition) is 11. The fourth-order valence-electron chi connectivity index (χ4n) is 10.3. The number of piperidine rings is 1. The minimum Gasteiger partial charge on any atom is -0.392 e. The fourth-order valence-corrected chi connectivity index (χ4v) is 10.3. The molecule has 0 unspecified atom stereocenters. The molecule has 2 amide bonds. The Morgan fingerprint density at radius 1 is 0.968 bits per heavy atom. The van der Waals surface area contributed by atoms with Crippen LogP contribution in [0.2, 0.25) is 0 Å². The maximum Gasteiger partial charge on any atom is 0.276 e. The Morgan fingerprint density at radius 2 is 1.76 bits per heavy atom. The maximum atomic E-state index is 14.0. The molecule has 8 heterocycles. The average Bonchev–Trinajstić information content (AvgIpc) is 3.77. The average molecular weight is 852 g/mol. The normalized spacial score (nSPS) is 18.9. The Labute approximate surface area is 368 Å². The highest BCUT2D eigenvalue weighted by molar-refractivity contribution is 6.06. The third-order valence-electron chi connectivity index (χ3n) is 13.3. The van der Waals surface area contributed by atoms with Crippen molar-refractivity contribution in [1.29, 1.82) is 0 Å². The van der Waals surface area contributed by atoms with Gasteiger partial charge >= 0.3 is 0 Å². The Kier molecular flexibility index (Phi) is 11.2. The minimum atomic E-state index is -0.368. The van der Waals surface area contributed by atoms with Gasteiger partial charge in [0.1, 0.15) is 23.0 Å². The van der Waals surface area contributed by atoms with Crippen LogP contribution in [0.15, 0.2) is 78.6 Å². The smallest absolute Gasteiger partial charge is 0.276 e. The van der Waals surface area contributed by atoms with Gasteiger partial charge in [-0.1, -0.05) is 20.4 Å². The first-order chi connectivity index (χ1) is 30.3. The first-order valence-corrected chi connectivity index (χ1v) is 22.0. The quantitative estimate of drug-likeness (QED) is 0.149. The van der Waals surface area contributed by atoms with Crippen molar-refractivity contribution in [3.8, 4) is 11.1 Å². The molecule has 0 spiro atoms. The van der Waals surface area contributed by atoms with Crippen molar-refractivity contribution in [2.75, 3.05) is 64.6 Å². The van der Waals surface area contributed by atoms with Crippen molar-refractivity contribution in [3.63, 3.8) is 0 Å². The summed E-state index contributed by atoms with van der Waals surface area (Å²) in [6.45, 7) is 17.7. The number of carbonyl (C=O) groups is 2. The lowest BCUT2D eigenvalue weighted by Gasteiger charge is -2.47. The molecule has 1 atom stereocenters. The van der Waals surface area contributed by atoms with E-state index in [-0.39, 0.29) is 41.1 Å². The number of amides is 2. The van der Waals surface area contributed by atoms with Gasteiger partial charge in [-0.25, -0.2) is 9.97 Å². The zero-order chi connectivity index (χ0) is 44.2. The van der Waals surface area contributed by atoms with E-state index in [2.05, 4.69) is 79.4 Å². The fraction of sp³-hybridized carbons (Fsp3) is 0.417. The lowest BCUT2D eigenvalue weighted by Crippen LogP contribution is -2.57. The third-order valence-corrected chi connectivity index (χ3v) is 13.3. The van der Waals surface area contributed by atoms with Gasteiger partial charge in [-0.15, -0.1) is 0 Å². The third kappa shape index (κ3) is 8.11. The van der Waals surface area contributed by atoms with E-state index in [0.29, 0.717) is 58.8 Å². The van der Waals surface area contributed by atoms with E-state index in [4.69, 9.17) is 4.98 Å². The standard InChI is InChI=1S/C48H57N11O4/c1-7-44(61)53-38-23-43(51-26-42(38)57-17-16-56(27-31(57)3)34-10-14-55(15-11-34)35-8-12-49-30(2)20-35)52-39-21-33(28-54(6)46(39)62)36-9-13-50-45(37(36)29-60)59-19-18-58-40(47(59)63)22-32-24-48(4,5)25-41(32)58/h7-9,12-13,20-23,26,28,31,34,60H,1,10-11,14-19,24-25,27,29H2,2-6H3,(H2,51,52,53,61)/t31-/m0/s1. The molecular formula is C48H57N11O4. The number of rotatable bonds is 10. The van der Waals surface area contributed by atoms with Gasteiger partial charge in [0, 0.05) is 118 Å². The van der Waals surface area contributed by atoms with Crippen molar-refractivity contribution in [2.24, 2.45) is 12.5 Å². The van der Waals surface area contributed by atoms with E-state index in [0.717, 1.165) is 69.8 Å². The molecule has 2 fully saturated rings. The van der Waals surface area contributed by atoms with Gasteiger partial charge in [0.15, 0.2) is 0 Å². The Morgan fingerprint density at radius 3 is 2.51 bits per heavy atom. The van der Waals surface area contributed by atoms with Crippen molar-refractivity contribution in [2.45, 2.75) is 78.6 Å². The summed E-state index contributed by atoms with van der Waals surface area (Å²) in [5.41, 5.74) is 8.62. The molecule has 15 heteroatoms. The van der Waals surface area contributed by atoms with Gasteiger partial charge in [-0.3, -0.25) is 29.2 Å². The van der Waals surface area contributed by atoms with Crippen LogP contribution in [0.3, 0.4) is 0 Å². The van der Waals surface area contributed by atoms with Gasteiger partial charge in [-0.05, 0) is 92.5 Å². The summed E-state index contributed by atoms with van der Waals surface area (Å²) in [7, 11) is 1.67. The lowest BCUT2D eigenvalue weighted by molar-refractivity contribution is -0.111. The molecule has 63 heavy (non-hydrogen) atoms. The summed E-state index contributed by atoms with van der Waals surface area (Å²) < 4.78 is 3.63. The number of anilines is 6. The van der Waals surface area contributed by atoms with Gasteiger partial charge in [-0.2, -0.15) is 0 Å². The van der Waals surface area contributed by atoms with Crippen LogP contribution in [-0.2, 0) is 37.8 Å². The molecule has 15 nitrogen and oxygen atoms in total. The predicted molar refractivity (Wildman–Crippen MR) is 247 cm³/mol. The molecule has 328 valence electrons. The van der Waals surface area contributed by atoms with Gasteiger partial charge in [0.2, 0.25) is 5.91 Å². The number of fused-ring (bicyclic) bond motifs is 3. The van der Waals surface area contributed by atoms with Crippen molar-refractivity contribution in [3.05, 3.63) is 112 Å². The summed E-state index contributed by atoms with van der Waals surface area (Å²) >= 11 is 0. The van der Waals surface area contributed by atoms with Gasteiger partial charge in [0.05, 0.1) is 24.2 Å². The molecule has 4 aliphatic rings. The van der Waals surface area contributed by atoms with E-state index in [9.17, 15) is 19.5 Å².